The van der Waals surface area contributed by atoms with Crippen molar-refractivity contribution in [1.82, 2.24) is 0 Å². The highest BCUT2D eigenvalue weighted by molar-refractivity contribution is 7.99. The lowest BCUT2D eigenvalue weighted by molar-refractivity contribution is -0.218. The summed E-state index contributed by atoms with van der Waals surface area (Å²) in [7, 11) is 0. The molecule has 4 rings (SSSR count). The van der Waals surface area contributed by atoms with Gasteiger partial charge in [0.05, 0.1) is 18.4 Å². The molecular weight excluding hydrogens is 526 g/mol. The summed E-state index contributed by atoms with van der Waals surface area (Å²) in [6.07, 6.45) is -5.06. The molecule has 0 bridgehead atoms. The Labute approximate surface area is 231 Å². The highest BCUT2D eigenvalue weighted by atomic mass is 35.5. The first-order chi connectivity index (χ1) is 18.3. The van der Waals surface area contributed by atoms with E-state index >= 15 is 0 Å². The lowest BCUT2D eigenvalue weighted by Gasteiger charge is -2.41. The van der Waals surface area contributed by atoms with Crippen LogP contribution < -0.4 is 10.1 Å². The van der Waals surface area contributed by atoms with Crippen molar-refractivity contribution in [2.75, 3.05) is 17.7 Å². The molecule has 1 aliphatic rings. The second kappa shape index (κ2) is 13.0. The number of aliphatic hydroxyl groups is 3. The monoisotopic (exact) mass is 557 g/mol. The summed E-state index contributed by atoms with van der Waals surface area (Å²) in [5.74, 6) is 0.908. The molecule has 38 heavy (non-hydrogen) atoms. The number of halogens is 1. The van der Waals surface area contributed by atoms with Crippen LogP contribution in [0.4, 0.5) is 5.69 Å². The summed E-state index contributed by atoms with van der Waals surface area (Å²) < 4.78 is 11.7. The fourth-order valence-corrected chi connectivity index (χ4v) is 5.67. The standard InChI is InChI=1S/C29H32ClNO6S/c1-3-36-21-11-8-18(9-12-21)14-20-15-19(10-13-22(20)30)29-28(35)27(34)26(33)24(37-29)16-38-25-7-5-4-6-23(25)31-17(2)32/h4-13,15,24,26-29,33-35H,3,14,16H2,1-2H3,(H,31,32)/t24-,26-,27+,28-,29+/m1/s1. The van der Waals surface area contributed by atoms with Gasteiger partial charge in [-0.25, -0.2) is 0 Å². The molecule has 5 atom stereocenters. The van der Waals surface area contributed by atoms with Crippen LogP contribution in [0.5, 0.6) is 5.75 Å². The van der Waals surface area contributed by atoms with Crippen molar-refractivity contribution >= 4 is 35.0 Å². The normalized spacial score (nSPS) is 23.2. The van der Waals surface area contributed by atoms with Crippen LogP contribution in [0.1, 0.15) is 36.6 Å². The summed E-state index contributed by atoms with van der Waals surface area (Å²) in [4.78, 5) is 12.4. The molecule has 3 aromatic carbocycles. The molecule has 1 aliphatic heterocycles. The topological polar surface area (TPSA) is 108 Å². The van der Waals surface area contributed by atoms with E-state index in [-0.39, 0.29) is 5.91 Å². The van der Waals surface area contributed by atoms with E-state index in [0.29, 0.717) is 35.1 Å². The van der Waals surface area contributed by atoms with Gasteiger partial charge in [-0.2, -0.15) is 0 Å². The van der Waals surface area contributed by atoms with Crippen molar-refractivity contribution in [3.8, 4) is 5.75 Å². The maximum atomic E-state index is 11.5. The molecule has 7 nitrogen and oxygen atoms in total. The minimum atomic E-state index is -1.39. The van der Waals surface area contributed by atoms with E-state index in [1.165, 1.54) is 18.7 Å². The van der Waals surface area contributed by atoms with E-state index in [4.69, 9.17) is 21.1 Å². The largest absolute Gasteiger partial charge is 0.494 e. The Morgan fingerprint density at radius 1 is 1.03 bits per heavy atom. The van der Waals surface area contributed by atoms with Crippen LogP contribution in [0.2, 0.25) is 5.02 Å². The molecule has 0 radical (unpaired) electrons. The first-order valence-corrected chi connectivity index (χ1v) is 13.8. The Hall–Kier alpha value is -2.59. The second-order valence-corrected chi connectivity index (χ2v) is 10.6. The first-order valence-electron chi connectivity index (χ1n) is 12.5. The van der Waals surface area contributed by atoms with Gasteiger partial charge in [0.1, 0.15) is 30.2 Å². The smallest absolute Gasteiger partial charge is 0.221 e. The number of nitrogens with one attached hydrogen (secondary N) is 1. The Morgan fingerprint density at radius 2 is 1.76 bits per heavy atom. The van der Waals surface area contributed by atoms with Gasteiger partial charge in [-0.15, -0.1) is 11.8 Å². The summed E-state index contributed by atoms with van der Waals surface area (Å²) in [6.45, 7) is 3.97. The Bertz CT molecular complexity index is 1240. The number of rotatable bonds is 9. The lowest BCUT2D eigenvalue weighted by atomic mass is 9.90. The van der Waals surface area contributed by atoms with Gasteiger partial charge in [0.2, 0.25) is 5.91 Å². The van der Waals surface area contributed by atoms with Crippen molar-refractivity contribution in [3.05, 3.63) is 88.4 Å². The van der Waals surface area contributed by atoms with Crippen LogP contribution in [0.3, 0.4) is 0 Å². The number of aliphatic hydroxyl groups excluding tert-OH is 3. The van der Waals surface area contributed by atoms with Gasteiger partial charge in [-0.3, -0.25) is 4.79 Å². The van der Waals surface area contributed by atoms with Gasteiger partial charge in [0.25, 0.3) is 0 Å². The zero-order valence-corrected chi connectivity index (χ0v) is 22.8. The molecule has 202 valence electrons. The zero-order chi connectivity index (χ0) is 27.2. The molecule has 1 fully saturated rings. The fourth-order valence-electron chi connectivity index (χ4n) is 4.42. The highest BCUT2D eigenvalue weighted by Crippen LogP contribution is 2.37. The molecule has 0 spiro atoms. The number of amides is 1. The average molecular weight is 558 g/mol. The summed E-state index contributed by atoms with van der Waals surface area (Å²) in [5.41, 5.74) is 3.20. The zero-order valence-electron chi connectivity index (χ0n) is 21.2. The molecule has 0 aromatic heterocycles. The maximum Gasteiger partial charge on any atom is 0.221 e. The highest BCUT2D eigenvalue weighted by Gasteiger charge is 2.44. The van der Waals surface area contributed by atoms with Gasteiger partial charge in [-0.1, -0.05) is 48.0 Å². The molecule has 1 heterocycles. The number of benzene rings is 3. The number of hydrogen-bond acceptors (Lipinski definition) is 7. The van der Waals surface area contributed by atoms with Crippen LogP contribution in [0, 0.1) is 0 Å². The third kappa shape index (κ3) is 6.88. The predicted molar refractivity (Wildman–Crippen MR) is 149 cm³/mol. The quantitative estimate of drug-likeness (QED) is 0.285. The van der Waals surface area contributed by atoms with Gasteiger partial charge < -0.3 is 30.1 Å². The lowest BCUT2D eigenvalue weighted by Crippen LogP contribution is -2.54. The van der Waals surface area contributed by atoms with Crippen LogP contribution >= 0.6 is 23.4 Å². The molecule has 1 amide bonds. The fraction of sp³-hybridized carbons (Fsp3) is 0.345. The molecule has 1 saturated heterocycles. The molecule has 4 N–H and O–H groups in total. The number of carbonyl (C=O) groups is 1. The minimum Gasteiger partial charge on any atom is -0.494 e. The van der Waals surface area contributed by atoms with E-state index in [2.05, 4.69) is 5.32 Å². The van der Waals surface area contributed by atoms with Crippen LogP contribution in [-0.4, -0.2) is 58.0 Å². The number of para-hydroxylation sites is 1. The number of ether oxygens (including phenoxy) is 2. The van der Waals surface area contributed by atoms with Gasteiger partial charge in [0.15, 0.2) is 0 Å². The SMILES string of the molecule is CCOc1ccc(Cc2cc([C@@H]3O[C@H](CSc4ccccc4NC(C)=O)[C@@H](O)[C@H](O)[C@H]3O)ccc2Cl)cc1. The van der Waals surface area contributed by atoms with E-state index in [0.717, 1.165) is 21.8 Å². The maximum absolute atomic E-state index is 11.5. The third-order valence-corrected chi connectivity index (χ3v) is 7.87. The van der Waals surface area contributed by atoms with E-state index < -0.39 is 30.5 Å². The minimum absolute atomic E-state index is 0.186. The average Bonchev–Trinajstić information content (AvgIpc) is 2.90. The molecule has 0 unspecified atom stereocenters. The summed E-state index contributed by atoms with van der Waals surface area (Å²) in [5, 5.41) is 35.5. The second-order valence-electron chi connectivity index (χ2n) is 9.16. The van der Waals surface area contributed by atoms with Crippen molar-refractivity contribution in [2.24, 2.45) is 0 Å². The molecule has 9 heteroatoms. The van der Waals surface area contributed by atoms with E-state index in [9.17, 15) is 20.1 Å². The number of anilines is 1. The molecular formula is C29H32ClNO6S. The van der Waals surface area contributed by atoms with Crippen LogP contribution in [-0.2, 0) is 16.0 Å². The summed E-state index contributed by atoms with van der Waals surface area (Å²) in [6, 6.07) is 20.5. The Morgan fingerprint density at radius 3 is 2.47 bits per heavy atom. The predicted octanol–water partition coefficient (Wildman–Crippen LogP) is 4.60. The Kier molecular flexibility index (Phi) is 9.70. The first kappa shape index (κ1) is 28.4. The van der Waals surface area contributed by atoms with Gasteiger partial charge >= 0.3 is 0 Å². The van der Waals surface area contributed by atoms with Crippen LogP contribution in [0.15, 0.2) is 71.6 Å². The van der Waals surface area contributed by atoms with Crippen molar-refractivity contribution < 1.29 is 29.6 Å². The molecule has 3 aromatic rings. The molecule has 0 aliphatic carbocycles. The number of carbonyl (C=O) groups excluding carboxylic acids is 1. The third-order valence-electron chi connectivity index (χ3n) is 6.34. The Balaban J connectivity index is 1.51. The van der Waals surface area contributed by atoms with Crippen molar-refractivity contribution in [2.45, 2.75) is 55.7 Å². The van der Waals surface area contributed by atoms with Crippen molar-refractivity contribution in [3.63, 3.8) is 0 Å². The number of thioether (sulfide) groups is 1. The van der Waals surface area contributed by atoms with E-state index in [1.54, 1.807) is 18.2 Å². The number of hydrogen-bond donors (Lipinski definition) is 4. The molecule has 0 saturated carbocycles. The van der Waals surface area contributed by atoms with Crippen molar-refractivity contribution in [1.29, 1.82) is 0 Å². The van der Waals surface area contributed by atoms with Crippen LogP contribution in [0.25, 0.3) is 0 Å². The van der Waals surface area contributed by atoms with E-state index in [1.807, 2.05) is 55.5 Å². The summed E-state index contributed by atoms with van der Waals surface area (Å²) >= 11 is 7.89. The van der Waals surface area contributed by atoms with Gasteiger partial charge in [-0.05, 0) is 60.4 Å². The van der Waals surface area contributed by atoms with Gasteiger partial charge in [0, 0.05) is 22.6 Å².